The predicted molar refractivity (Wildman–Crippen MR) is 103 cm³/mol. The lowest BCUT2D eigenvalue weighted by atomic mass is 10.1. The molecule has 0 atom stereocenters. The van der Waals surface area contributed by atoms with Crippen molar-refractivity contribution < 1.29 is 33.0 Å². The number of carbonyl (C=O) groups excluding carboxylic acids is 3. The second-order valence-corrected chi connectivity index (χ2v) is 5.51. The molecule has 0 spiro atoms. The van der Waals surface area contributed by atoms with E-state index < -0.39 is 30.3 Å². The molecule has 9 heteroatoms. The van der Waals surface area contributed by atoms with Crippen molar-refractivity contribution in [3.8, 4) is 11.5 Å². The molecule has 2 N–H and O–H groups in total. The number of methoxy groups -OCH3 is 2. The quantitative estimate of drug-likeness (QED) is 0.545. The first kappa shape index (κ1) is 21.4. The standard InChI is InChI=1S/C20H19FN2O6/c1-27-16-9-5-6-13(19(16)28-2)10-11-18(25)29-12-17(24)23-20(26)22-15-8-4-3-7-14(15)21/h3-11H,12H2,1-2H3,(H2,22,23,24,26)/b11-10+. The van der Waals surface area contributed by atoms with Crippen LogP contribution in [0.25, 0.3) is 6.08 Å². The number of imide groups is 1. The van der Waals surface area contributed by atoms with E-state index in [0.29, 0.717) is 17.1 Å². The summed E-state index contributed by atoms with van der Waals surface area (Å²) in [5.74, 6) is -1.41. The van der Waals surface area contributed by atoms with Crippen molar-refractivity contribution in [2.75, 3.05) is 26.1 Å². The fraction of sp³-hybridized carbons (Fsp3) is 0.150. The SMILES string of the molecule is COc1cccc(/C=C/C(=O)OCC(=O)NC(=O)Nc2ccccc2F)c1OC. The minimum absolute atomic E-state index is 0.0926. The van der Waals surface area contributed by atoms with Gasteiger partial charge in [0.25, 0.3) is 5.91 Å². The van der Waals surface area contributed by atoms with Crippen LogP contribution >= 0.6 is 0 Å². The van der Waals surface area contributed by atoms with Crippen molar-refractivity contribution in [3.05, 3.63) is 59.9 Å². The topological polar surface area (TPSA) is 103 Å². The van der Waals surface area contributed by atoms with Gasteiger partial charge in [-0.25, -0.2) is 14.0 Å². The molecule has 0 saturated heterocycles. The van der Waals surface area contributed by atoms with E-state index in [4.69, 9.17) is 14.2 Å². The fourth-order valence-electron chi connectivity index (χ4n) is 2.26. The third-order valence-corrected chi connectivity index (χ3v) is 3.55. The van der Waals surface area contributed by atoms with Crippen LogP contribution in [-0.2, 0) is 14.3 Å². The Kier molecular flexibility index (Phi) is 7.72. The van der Waals surface area contributed by atoms with Crippen molar-refractivity contribution in [3.63, 3.8) is 0 Å². The highest BCUT2D eigenvalue weighted by Gasteiger charge is 2.12. The van der Waals surface area contributed by atoms with Crippen LogP contribution in [0.2, 0.25) is 0 Å². The molecule has 0 fully saturated rings. The minimum Gasteiger partial charge on any atom is -0.493 e. The second kappa shape index (κ2) is 10.5. The number of halogens is 1. The van der Waals surface area contributed by atoms with E-state index in [0.717, 1.165) is 12.1 Å². The molecule has 8 nitrogen and oxygen atoms in total. The number of para-hydroxylation sites is 2. The summed E-state index contributed by atoms with van der Waals surface area (Å²) in [6.07, 6.45) is 2.54. The molecular formula is C20H19FN2O6. The van der Waals surface area contributed by atoms with Crippen LogP contribution in [0, 0.1) is 5.82 Å². The normalized spacial score (nSPS) is 10.3. The largest absolute Gasteiger partial charge is 0.493 e. The van der Waals surface area contributed by atoms with Gasteiger partial charge in [-0.1, -0.05) is 24.3 Å². The van der Waals surface area contributed by atoms with Gasteiger partial charge in [0.15, 0.2) is 18.1 Å². The summed E-state index contributed by atoms with van der Waals surface area (Å²) in [6.45, 7) is -0.691. The van der Waals surface area contributed by atoms with Crippen LogP contribution in [0.3, 0.4) is 0 Å². The van der Waals surface area contributed by atoms with E-state index in [1.165, 1.54) is 38.5 Å². The fourth-order valence-corrected chi connectivity index (χ4v) is 2.26. The van der Waals surface area contributed by atoms with Crippen molar-refractivity contribution in [2.45, 2.75) is 0 Å². The number of hydrogen-bond acceptors (Lipinski definition) is 6. The zero-order valence-electron chi connectivity index (χ0n) is 15.7. The Bertz CT molecular complexity index is 929. The molecule has 0 heterocycles. The molecule has 2 rings (SSSR count). The highest BCUT2D eigenvalue weighted by Crippen LogP contribution is 2.31. The van der Waals surface area contributed by atoms with E-state index in [1.807, 2.05) is 5.32 Å². The highest BCUT2D eigenvalue weighted by atomic mass is 19.1. The molecule has 0 radical (unpaired) electrons. The highest BCUT2D eigenvalue weighted by molar-refractivity contribution is 6.02. The molecule has 0 aliphatic rings. The van der Waals surface area contributed by atoms with Gasteiger partial charge in [0.1, 0.15) is 5.82 Å². The zero-order chi connectivity index (χ0) is 21.2. The lowest BCUT2D eigenvalue weighted by molar-refractivity contribution is -0.143. The molecule has 2 aromatic carbocycles. The maximum atomic E-state index is 13.4. The van der Waals surface area contributed by atoms with Crippen LogP contribution in [0.1, 0.15) is 5.56 Å². The molecule has 29 heavy (non-hydrogen) atoms. The maximum absolute atomic E-state index is 13.4. The number of carbonyl (C=O) groups is 3. The van der Waals surface area contributed by atoms with Gasteiger partial charge < -0.3 is 19.5 Å². The minimum atomic E-state index is -0.951. The Morgan fingerprint density at radius 1 is 1.03 bits per heavy atom. The Hall–Kier alpha value is -3.88. The second-order valence-electron chi connectivity index (χ2n) is 5.51. The van der Waals surface area contributed by atoms with E-state index in [9.17, 15) is 18.8 Å². The van der Waals surface area contributed by atoms with Gasteiger partial charge in [-0.3, -0.25) is 10.1 Å². The number of benzene rings is 2. The van der Waals surface area contributed by atoms with Crippen LogP contribution in [-0.4, -0.2) is 38.7 Å². The third kappa shape index (κ3) is 6.35. The number of esters is 1. The first-order valence-corrected chi connectivity index (χ1v) is 8.35. The number of ether oxygens (including phenoxy) is 3. The summed E-state index contributed by atoms with van der Waals surface area (Å²) < 4.78 is 28.6. The summed E-state index contributed by atoms with van der Waals surface area (Å²) >= 11 is 0. The van der Waals surface area contributed by atoms with Crippen molar-refractivity contribution in [2.24, 2.45) is 0 Å². The average molecular weight is 402 g/mol. The summed E-state index contributed by atoms with van der Waals surface area (Å²) in [5, 5.41) is 4.10. The molecule has 2 aromatic rings. The summed E-state index contributed by atoms with van der Waals surface area (Å²) in [6, 6.07) is 9.63. The van der Waals surface area contributed by atoms with Crippen LogP contribution in [0.4, 0.5) is 14.9 Å². The maximum Gasteiger partial charge on any atom is 0.331 e. The Morgan fingerprint density at radius 2 is 1.79 bits per heavy atom. The van der Waals surface area contributed by atoms with Crippen LogP contribution < -0.4 is 20.1 Å². The summed E-state index contributed by atoms with van der Waals surface area (Å²) in [5.41, 5.74) is 0.475. The first-order chi connectivity index (χ1) is 13.9. The number of amides is 3. The summed E-state index contributed by atoms with van der Waals surface area (Å²) in [7, 11) is 2.95. The molecule has 0 saturated carbocycles. The summed E-state index contributed by atoms with van der Waals surface area (Å²) in [4.78, 5) is 35.1. The Morgan fingerprint density at radius 3 is 2.48 bits per heavy atom. The monoisotopic (exact) mass is 402 g/mol. The molecule has 0 aliphatic heterocycles. The number of hydrogen-bond donors (Lipinski definition) is 2. The van der Waals surface area contributed by atoms with E-state index >= 15 is 0 Å². The molecular weight excluding hydrogens is 383 g/mol. The van der Waals surface area contributed by atoms with E-state index in [2.05, 4.69) is 5.32 Å². The van der Waals surface area contributed by atoms with Gasteiger partial charge in [-0.15, -0.1) is 0 Å². The smallest absolute Gasteiger partial charge is 0.331 e. The molecule has 0 aliphatic carbocycles. The molecule has 3 amide bonds. The van der Waals surface area contributed by atoms with Gasteiger partial charge in [0.05, 0.1) is 19.9 Å². The van der Waals surface area contributed by atoms with Gasteiger partial charge in [0.2, 0.25) is 0 Å². The van der Waals surface area contributed by atoms with Crippen molar-refractivity contribution in [1.82, 2.24) is 5.32 Å². The molecule has 0 unspecified atom stereocenters. The number of nitrogens with one attached hydrogen (secondary N) is 2. The first-order valence-electron chi connectivity index (χ1n) is 8.35. The van der Waals surface area contributed by atoms with Crippen molar-refractivity contribution >= 4 is 29.7 Å². The number of anilines is 1. The number of rotatable bonds is 7. The molecule has 0 bridgehead atoms. The Balaban J connectivity index is 1.84. The van der Waals surface area contributed by atoms with Gasteiger partial charge in [-0.2, -0.15) is 0 Å². The lowest BCUT2D eigenvalue weighted by Crippen LogP contribution is -2.37. The van der Waals surface area contributed by atoms with Gasteiger partial charge >= 0.3 is 12.0 Å². The van der Waals surface area contributed by atoms with E-state index in [-0.39, 0.29) is 5.69 Å². The Labute approximate surface area is 166 Å². The molecule has 0 aromatic heterocycles. The number of urea groups is 1. The third-order valence-electron chi connectivity index (χ3n) is 3.55. The van der Waals surface area contributed by atoms with Crippen LogP contribution in [0.5, 0.6) is 11.5 Å². The van der Waals surface area contributed by atoms with Crippen molar-refractivity contribution in [1.29, 1.82) is 0 Å². The molecule has 152 valence electrons. The van der Waals surface area contributed by atoms with Crippen LogP contribution in [0.15, 0.2) is 48.5 Å². The van der Waals surface area contributed by atoms with Gasteiger partial charge in [0, 0.05) is 11.6 Å². The van der Waals surface area contributed by atoms with Gasteiger partial charge in [-0.05, 0) is 24.3 Å². The zero-order valence-corrected chi connectivity index (χ0v) is 15.7. The average Bonchev–Trinajstić information content (AvgIpc) is 2.71. The predicted octanol–water partition coefficient (Wildman–Crippen LogP) is 2.75. The van der Waals surface area contributed by atoms with E-state index in [1.54, 1.807) is 18.2 Å². The lowest BCUT2D eigenvalue weighted by Gasteiger charge is -2.09.